The average Bonchev–Trinajstić information content (AvgIpc) is 3.65. The summed E-state index contributed by atoms with van der Waals surface area (Å²) in [5.41, 5.74) is 1.98. The Hall–Kier alpha value is -2.82. The highest BCUT2D eigenvalue weighted by molar-refractivity contribution is 6.44. The lowest BCUT2D eigenvalue weighted by Crippen LogP contribution is -2.35. The number of fused-ring (bicyclic) bond motifs is 1. The smallest absolute Gasteiger partial charge is 0.158 e. The minimum absolute atomic E-state index is 0.0506. The summed E-state index contributed by atoms with van der Waals surface area (Å²) < 4.78 is 20.2. The number of piperidine rings is 1. The molecule has 0 bridgehead atoms. The van der Waals surface area contributed by atoms with Crippen LogP contribution < -0.4 is 15.5 Å². The third kappa shape index (κ3) is 5.26. The van der Waals surface area contributed by atoms with Crippen LogP contribution in [-0.4, -0.2) is 60.3 Å². The molecule has 1 saturated carbocycles. The Kier molecular flexibility index (Phi) is 8.40. The van der Waals surface area contributed by atoms with E-state index in [9.17, 15) is 9.50 Å². The normalized spacial score (nSPS) is 25.2. The first kappa shape index (κ1) is 29.3. The van der Waals surface area contributed by atoms with Crippen LogP contribution in [0.3, 0.4) is 0 Å². The molecule has 1 aromatic heterocycles. The first-order chi connectivity index (χ1) is 20.4. The Bertz CT molecular complexity index is 1490. The molecule has 4 N–H and O–H groups in total. The quantitative estimate of drug-likeness (QED) is 0.240. The number of ether oxygens (including phenoxy) is 1. The van der Waals surface area contributed by atoms with Crippen LogP contribution in [0, 0.1) is 23.1 Å². The molecule has 4 atom stereocenters. The fraction of sp³-hybridized carbons (Fsp3) is 0.452. The third-order valence-electron chi connectivity index (χ3n) is 8.99. The molecule has 8 nitrogen and oxygen atoms in total. The highest BCUT2D eigenvalue weighted by Crippen LogP contribution is 2.63. The van der Waals surface area contributed by atoms with Gasteiger partial charge in [0.1, 0.15) is 23.4 Å². The van der Waals surface area contributed by atoms with Crippen LogP contribution in [0.2, 0.25) is 10.0 Å². The van der Waals surface area contributed by atoms with Crippen molar-refractivity contribution in [2.75, 3.05) is 43.5 Å². The SMILES string of the molecule is CNCC1(c2cccc(F)c2)C2CCN(c3nc(NC4CCCCO4)c(C(=N)c4cccc(Cl)c4Cl)nc3CO)CC21. The van der Waals surface area contributed by atoms with E-state index in [2.05, 4.69) is 15.5 Å². The number of anilines is 2. The van der Waals surface area contributed by atoms with Crippen molar-refractivity contribution in [1.82, 2.24) is 15.3 Å². The molecule has 2 aromatic carbocycles. The Labute approximate surface area is 255 Å². The number of likely N-dealkylation sites (N-methyl/N-ethyl adjacent to an activating group) is 1. The molecular formula is C31H35Cl2FN6O2. The molecule has 6 rings (SSSR count). The maximum absolute atomic E-state index is 14.3. The van der Waals surface area contributed by atoms with E-state index in [1.54, 1.807) is 30.3 Å². The van der Waals surface area contributed by atoms with Gasteiger partial charge in [0.15, 0.2) is 11.6 Å². The summed E-state index contributed by atoms with van der Waals surface area (Å²) in [6.45, 7) is 2.46. The number of aliphatic hydroxyl groups excluding tert-OH is 1. The van der Waals surface area contributed by atoms with E-state index in [1.807, 2.05) is 13.1 Å². The second kappa shape index (κ2) is 12.1. The lowest BCUT2D eigenvalue weighted by molar-refractivity contribution is 0.0340. The van der Waals surface area contributed by atoms with Crippen LogP contribution in [0.15, 0.2) is 42.5 Å². The molecule has 3 aromatic rings. The van der Waals surface area contributed by atoms with Crippen LogP contribution in [-0.2, 0) is 16.8 Å². The summed E-state index contributed by atoms with van der Waals surface area (Å²) in [5, 5.41) is 26.8. The van der Waals surface area contributed by atoms with Gasteiger partial charge in [-0.2, -0.15) is 0 Å². The lowest BCUT2D eigenvalue weighted by atomic mass is 9.91. The number of rotatable bonds is 9. The predicted molar refractivity (Wildman–Crippen MR) is 163 cm³/mol. The van der Waals surface area contributed by atoms with E-state index in [0.29, 0.717) is 47.0 Å². The van der Waals surface area contributed by atoms with Crippen molar-refractivity contribution in [2.45, 2.75) is 43.9 Å². The molecule has 3 aliphatic rings. The zero-order valence-electron chi connectivity index (χ0n) is 23.5. The summed E-state index contributed by atoms with van der Waals surface area (Å²) in [6.07, 6.45) is 3.45. The number of hydrogen-bond acceptors (Lipinski definition) is 8. The molecule has 0 spiro atoms. The number of halogens is 3. The zero-order valence-corrected chi connectivity index (χ0v) is 25.0. The lowest BCUT2D eigenvalue weighted by Gasteiger charge is -2.30. The topological polar surface area (TPSA) is 106 Å². The molecule has 1 aliphatic carbocycles. The number of aromatic nitrogens is 2. The van der Waals surface area contributed by atoms with E-state index in [-0.39, 0.29) is 46.4 Å². The van der Waals surface area contributed by atoms with Crippen molar-refractivity contribution in [3.8, 4) is 0 Å². The van der Waals surface area contributed by atoms with Crippen LogP contribution in [0.5, 0.6) is 0 Å². The standard InChI is InChI=1S/C31H35Cl2FN6O2/c1-36-17-31(18-6-4-7-19(34)14-18)21-11-12-40(15-22(21)31)30-24(16-41)37-28(27(35)20-8-5-9-23(32)26(20)33)29(39-30)38-25-10-2-3-13-42-25/h4-9,14,21-22,25,35-36,41H,2-3,10-13,15-17H2,1H3,(H,38,39). The van der Waals surface area contributed by atoms with Gasteiger partial charge < -0.3 is 25.4 Å². The number of aliphatic hydroxyl groups is 1. The van der Waals surface area contributed by atoms with Gasteiger partial charge in [0.05, 0.1) is 22.4 Å². The van der Waals surface area contributed by atoms with E-state index >= 15 is 0 Å². The van der Waals surface area contributed by atoms with Crippen LogP contribution in [0.1, 0.15) is 48.2 Å². The van der Waals surface area contributed by atoms with Crippen LogP contribution in [0.25, 0.3) is 0 Å². The number of hydrogen-bond donors (Lipinski definition) is 4. The van der Waals surface area contributed by atoms with Gasteiger partial charge in [0.2, 0.25) is 0 Å². The van der Waals surface area contributed by atoms with E-state index in [0.717, 1.165) is 44.3 Å². The first-order valence-electron chi connectivity index (χ1n) is 14.5. The minimum atomic E-state index is -0.345. The van der Waals surface area contributed by atoms with Crippen LogP contribution in [0.4, 0.5) is 16.0 Å². The molecule has 222 valence electrons. The molecule has 3 fully saturated rings. The summed E-state index contributed by atoms with van der Waals surface area (Å²) in [6, 6.07) is 12.1. The van der Waals surface area contributed by atoms with E-state index < -0.39 is 0 Å². The zero-order chi connectivity index (χ0) is 29.4. The van der Waals surface area contributed by atoms with Crippen molar-refractivity contribution in [2.24, 2.45) is 11.8 Å². The Morgan fingerprint density at radius 1 is 1.17 bits per heavy atom. The van der Waals surface area contributed by atoms with Crippen molar-refractivity contribution >= 4 is 40.5 Å². The van der Waals surface area contributed by atoms with Crippen molar-refractivity contribution in [3.63, 3.8) is 0 Å². The highest BCUT2D eigenvalue weighted by Gasteiger charge is 2.66. The number of benzene rings is 2. The Morgan fingerprint density at radius 2 is 2.00 bits per heavy atom. The molecule has 2 saturated heterocycles. The molecule has 2 aliphatic heterocycles. The van der Waals surface area contributed by atoms with Gasteiger partial charge in [-0.05, 0) is 68.3 Å². The molecular weight excluding hydrogens is 578 g/mol. The van der Waals surface area contributed by atoms with Gasteiger partial charge in [-0.15, -0.1) is 0 Å². The molecule has 4 unspecified atom stereocenters. The predicted octanol–water partition coefficient (Wildman–Crippen LogP) is 5.38. The summed E-state index contributed by atoms with van der Waals surface area (Å²) in [5.74, 6) is 1.46. The summed E-state index contributed by atoms with van der Waals surface area (Å²) in [7, 11) is 1.93. The third-order valence-corrected chi connectivity index (χ3v) is 9.81. The highest BCUT2D eigenvalue weighted by atomic mass is 35.5. The maximum Gasteiger partial charge on any atom is 0.158 e. The Morgan fingerprint density at radius 3 is 2.74 bits per heavy atom. The van der Waals surface area contributed by atoms with Crippen molar-refractivity contribution in [3.05, 3.63) is 80.8 Å². The first-order valence-corrected chi connectivity index (χ1v) is 15.2. The van der Waals surface area contributed by atoms with Gasteiger partial charge >= 0.3 is 0 Å². The number of nitrogens with zero attached hydrogens (tertiary/aromatic N) is 3. The summed E-state index contributed by atoms with van der Waals surface area (Å²) in [4.78, 5) is 12.0. The Balaban J connectivity index is 1.36. The molecule has 0 amide bonds. The van der Waals surface area contributed by atoms with Gasteiger partial charge in [-0.1, -0.05) is 47.5 Å². The van der Waals surface area contributed by atoms with Gasteiger partial charge in [0, 0.05) is 37.2 Å². The van der Waals surface area contributed by atoms with Gasteiger partial charge in [-0.3, -0.25) is 5.41 Å². The van der Waals surface area contributed by atoms with Gasteiger partial charge in [0.25, 0.3) is 0 Å². The molecule has 3 heterocycles. The second-order valence-electron chi connectivity index (χ2n) is 11.4. The van der Waals surface area contributed by atoms with E-state index in [1.165, 1.54) is 6.07 Å². The monoisotopic (exact) mass is 612 g/mol. The van der Waals surface area contributed by atoms with Crippen molar-refractivity contribution < 1.29 is 14.2 Å². The fourth-order valence-corrected chi connectivity index (χ4v) is 7.35. The molecule has 11 heteroatoms. The van der Waals surface area contributed by atoms with Crippen molar-refractivity contribution in [1.29, 1.82) is 5.41 Å². The average molecular weight is 614 g/mol. The minimum Gasteiger partial charge on any atom is -0.390 e. The largest absolute Gasteiger partial charge is 0.390 e. The fourth-order valence-electron chi connectivity index (χ4n) is 6.96. The molecule has 42 heavy (non-hydrogen) atoms. The maximum atomic E-state index is 14.3. The second-order valence-corrected chi connectivity index (χ2v) is 12.1. The molecule has 0 radical (unpaired) electrons. The van der Waals surface area contributed by atoms with Gasteiger partial charge in [-0.25, -0.2) is 14.4 Å². The van der Waals surface area contributed by atoms with E-state index in [4.69, 9.17) is 43.3 Å². The summed E-state index contributed by atoms with van der Waals surface area (Å²) >= 11 is 12.8. The number of nitrogens with one attached hydrogen (secondary N) is 3. The van der Waals surface area contributed by atoms with Crippen LogP contribution >= 0.6 is 23.2 Å².